The van der Waals surface area contributed by atoms with Gasteiger partial charge in [0.1, 0.15) is 0 Å². The Labute approximate surface area is 101 Å². The molecule has 0 aliphatic carbocycles. The third-order valence-electron chi connectivity index (χ3n) is 1.64. The molecule has 1 aromatic rings. The van der Waals surface area contributed by atoms with Gasteiger partial charge in [-0.25, -0.2) is 0 Å². The van der Waals surface area contributed by atoms with Crippen LogP contribution in [0.15, 0.2) is 11.4 Å². The van der Waals surface area contributed by atoms with Gasteiger partial charge in [0.05, 0.1) is 11.4 Å². The predicted molar refractivity (Wildman–Crippen MR) is 68.5 cm³/mol. The van der Waals surface area contributed by atoms with Crippen molar-refractivity contribution >= 4 is 39.7 Å². The quantitative estimate of drug-likeness (QED) is 0.757. The van der Waals surface area contributed by atoms with Crippen LogP contribution in [0.2, 0.25) is 0 Å². The van der Waals surface area contributed by atoms with E-state index in [9.17, 15) is 4.21 Å². The van der Waals surface area contributed by atoms with Crippen molar-refractivity contribution in [1.29, 1.82) is 0 Å². The van der Waals surface area contributed by atoms with Crippen LogP contribution in [-0.2, 0) is 16.6 Å². The van der Waals surface area contributed by atoms with Crippen molar-refractivity contribution in [2.75, 3.05) is 19.3 Å². The highest BCUT2D eigenvalue weighted by Crippen LogP contribution is 2.02. The van der Waals surface area contributed by atoms with Gasteiger partial charge in [-0.2, -0.15) is 4.37 Å². The number of aromatic nitrogens is 1. The molecular weight excluding hydrogens is 250 g/mol. The number of rotatable bonds is 5. The van der Waals surface area contributed by atoms with Crippen LogP contribution in [0.25, 0.3) is 0 Å². The molecule has 84 valence electrons. The van der Waals surface area contributed by atoms with Gasteiger partial charge >= 0.3 is 0 Å². The van der Waals surface area contributed by atoms with Gasteiger partial charge in [0.2, 0.25) is 0 Å². The SMILES string of the molecule is CNC(=S)NCCS(=O)Cc1ccsn1. The molecule has 2 N–H and O–H groups in total. The van der Waals surface area contributed by atoms with Gasteiger partial charge in [-0.3, -0.25) is 4.21 Å². The summed E-state index contributed by atoms with van der Waals surface area (Å²) in [6, 6.07) is 1.90. The Morgan fingerprint density at radius 3 is 3.13 bits per heavy atom. The summed E-state index contributed by atoms with van der Waals surface area (Å²) in [5.74, 6) is 1.11. The van der Waals surface area contributed by atoms with Crippen molar-refractivity contribution in [3.05, 3.63) is 17.1 Å². The summed E-state index contributed by atoms with van der Waals surface area (Å²) >= 11 is 6.27. The van der Waals surface area contributed by atoms with Gasteiger partial charge < -0.3 is 10.6 Å². The van der Waals surface area contributed by atoms with Gasteiger partial charge in [0.25, 0.3) is 0 Å². The monoisotopic (exact) mass is 263 g/mol. The highest BCUT2D eigenvalue weighted by molar-refractivity contribution is 7.84. The average molecular weight is 263 g/mol. The maximum Gasteiger partial charge on any atom is 0.166 e. The van der Waals surface area contributed by atoms with E-state index >= 15 is 0 Å². The Hall–Kier alpha value is -0.530. The first-order valence-electron chi connectivity index (χ1n) is 4.42. The van der Waals surface area contributed by atoms with E-state index in [2.05, 4.69) is 15.0 Å². The maximum atomic E-state index is 11.6. The first-order chi connectivity index (χ1) is 7.22. The molecule has 0 bridgehead atoms. The first kappa shape index (κ1) is 12.5. The van der Waals surface area contributed by atoms with E-state index in [0.717, 1.165) is 5.69 Å². The molecule has 15 heavy (non-hydrogen) atoms. The first-order valence-corrected chi connectivity index (χ1v) is 7.15. The third kappa shape index (κ3) is 5.19. The van der Waals surface area contributed by atoms with Crippen molar-refractivity contribution in [2.45, 2.75) is 5.75 Å². The van der Waals surface area contributed by atoms with Crippen molar-refractivity contribution in [1.82, 2.24) is 15.0 Å². The molecule has 0 radical (unpaired) electrons. The number of nitrogens with one attached hydrogen (secondary N) is 2. The second-order valence-electron chi connectivity index (χ2n) is 2.78. The highest BCUT2D eigenvalue weighted by Gasteiger charge is 2.03. The zero-order valence-electron chi connectivity index (χ0n) is 8.36. The predicted octanol–water partition coefficient (Wildman–Crippen LogP) is 0.486. The molecule has 1 rings (SSSR count). The van der Waals surface area contributed by atoms with E-state index < -0.39 is 10.8 Å². The molecule has 1 aromatic heterocycles. The van der Waals surface area contributed by atoms with Crippen molar-refractivity contribution in [2.24, 2.45) is 0 Å². The maximum absolute atomic E-state index is 11.6. The fraction of sp³-hybridized carbons (Fsp3) is 0.500. The Bertz CT molecular complexity index is 326. The summed E-state index contributed by atoms with van der Waals surface area (Å²) < 4.78 is 15.7. The van der Waals surface area contributed by atoms with Crippen LogP contribution < -0.4 is 10.6 Å². The third-order valence-corrected chi connectivity index (χ3v) is 3.87. The normalized spacial score (nSPS) is 12.1. The Balaban J connectivity index is 2.17. The average Bonchev–Trinajstić information content (AvgIpc) is 2.70. The van der Waals surface area contributed by atoms with E-state index in [1.54, 1.807) is 7.05 Å². The molecule has 0 spiro atoms. The molecule has 1 atom stereocenters. The van der Waals surface area contributed by atoms with Crippen molar-refractivity contribution < 1.29 is 4.21 Å². The zero-order valence-corrected chi connectivity index (χ0v) is 10.8. The van der Waals surface area contributed by atoms with Crippen LogP contribution in [-0.4, -0.2) is 33.0 Å². The molecule has 1 heterocycles. The second kappa shape index (κ2) is 6.86. The van der Waals surface area contributed by atoms with E-state index in [1.807, 2.05) is 11.4 Å². The summed E-state index contributed by atoms with van der Waals surface area (Å²) in [6.07, 6.45) is 0. The highest BCUT2D eigenvalue weighted by atomic mass is 32.2. The fourth-order valence-corrected chi connectivity index (χ4v) is 2.60. The van der Waals surface area contributed by atoms with E-state index in [0.29, 0.717) is 23.2 Å². The second-order valence-corrected chi connectivity index (χ2v) is 5.44. The topological polar surface area (TPSA) is 54.0 Å². The molecule has 4 nitrogen and oxygen atoms in total. The summed E-state index contributed by atoms with van der Waals surface area (Å²) in [5.41, 5.74) is 0.898. The summed E-state index contributed by atoms with van der Waals surface area (Å²) in [4.78, 5) is 0. The Morgan fingerprint density at radius 2 is 2.53 bits per heavy atom. The lowest BCUT2D eigenvalue weighted by molar-refractivity contribution is 0.680. The lowest BCUT2D eigenvalue weighted by atomic mass is 10.5. The lowest BCUT2D eigenvalue weighted by Crippen LogP contribution is -2.35. The molecule has 0 aliphatic heterocycles. The molecule has 0 fully saturated rings. The lowest BCUT2D eigenvalue weighted by Gasteiger charge is -2.05. The Kier molecular flexibility index (Phi) is 5.74. The minimum absolute atomic E-state index is 0.525. The van der Waals surface area contributed by atoms with Crippen LogP contribution >= 0.6 is 23.8 Å². The fourth-order valence-electron chi connectivity index (χ4n) is 0.916. The number of thiocarbonyl (C=S) groups is 1. The molecule has 0 aromatic carbocycles. The van der Waals surface area contributed by atoms with Gasteiger partial charge in [-0.15, -0.1) is 0 Å². The number of nitrogens with zero attached hydrogens (tertiary/aromatic N) is 1. The molecule has 7 heteroatoms. The minimum Gasteiger partial charge on any atom is -0.366 e. The Morgan fingerprint density at radius 1 is 1.73 bits per heavy atom. The number of hydrogen-bond donors (Lipinski definition) is 2. The van der Waals surface area contributed by atoms with Crippen LogP contribution in [0.3, 0.4) is 0 Å². The van der Waals surface area contributed by atoms with Crippen molar-refractivity contribution in [3.63, 3.8) is 0 Å². The van der Waals surface area contributed by atoms with E-state index in [-0.39, 0.29) is 0 Å². The van der Waals surface area contributed by atoms with Crippen LogP contribution in [0.5, 0.6) is 0 Å². The number of hydrogen-bond acceptors (Lipinski definition) is 4. The largest absolute Gasteiger partial charge is 0.366 e. The molecule has 0 saturated heterocycles. The van der Waals surface area contributed by atoms with Crippen LogP contribution in [0.1, 0.15) is 5.69 Å². The molecular formula is C8H13N3OS3. The van der Waals surface area contributed by atoms with Gasteiger partial charge in [0.15, 0.2) is 5.11 Å². The molecule has 0 saturated carbocycles. The smallest absolute Gasteiger partial charge is 0.166 e. The summed E-state index contributed by atoms with van der Waals surface area (Å²) in [5, 5.41) is 8.22. The molecule has 1 unspecified atom stereocenters. The van der Waals surface area contributed by atoms with E-state index in [4.69, 9.17) is 12.2 Å². The standard InChI is InChI=1S/C8H13N3OS3/c1-9-8(13)10-3-5-15(12)6-7-2-4-14-11-7/h2,4H,3,5-6H2,1H3,(H2,9,10,13). The van der Waals surface area contributed by atoms with Gasteiger partial charge in [-0.1, -0.05) is 0 Å². The van der Waals surface area contributed by atoms with E-state index in [1.165, 1.54) is 11.5 Å². The van der Waals surface area contributed by atoms with Crippen LogP contribution in [0.4, 0.5) is 0 Å². The molecule has 0 amide bonds. The minimum atomic E-state index is -0.874. The van der Waals surface area contributed by atoms with Crippen LogP contribution in [0, 0.1) is 0 Å². The van der Waals surface area contributed by atoms with Gasteiger partial charge in [0, 0.05) is 35.5 Å². The summed E-state index contributed by atoms with van der Waals surface area (Å²) in [6.45, 7) is 0.621. The summed E-state index contributed by atoms with van der Waals surface area (Å²) in [7, 11) is 0.878. The van der Waals surface area contributed by atoms with Crippen molar-refractivity contribution in [3.8, 4) is 0 Å². The molecule has 0 aliphatic rings. The zero-order chi connectivity index (χ0) is 11.1. The van der Waals surface area contributed by atoms with Gasteiger partial charge in [-0.05, 0) is 29.8 Å².